The average Bonchev–Trinajstić information content (AvgIpc) is 2.43. The number of carboxylic acids is 1. The molecule has 128 valence electrons. The predicted molar refractivity (Wildman–Crippen MR) is 84.5 cm³/mol. The molecule has 0 aromatic heterocycles. The standard InChI is InChI=1S/C14H27NO6Si/c1-5-19-22(20-6-2,21-7-3)10-8-9-15-14(18)12(4)11-13(16)17/h4-11H2,1-3H3,(H,15,18)(H,16,17). The van der Waals surface area contributed by atoms with Gasteiger partial charge in [0.2, 0.25) is 5.91 Å². The molecule has 0 spiro atoms. The molecule has 0 aromatic rings. The number of carbonyl (C=O) groups is 2. The van der Waals surface area contributed by atoms with E-state index in [4.69, 9.17) is 18.4 Å². The number of rotatable bonds is 13. The smallest absolute Gasteiger partial charge is 0.481 e. The summed E-state index contributed by atoms with van der Waals surface area (Å²) in [6.07, 6.45) is 0.264. The quantitative estimate of drug-likeness (QED) is 0.302. The number of hydrogen-bond donors (Lipinski definition) is 2. The summed E-state index contributed by atoms with van der Waals surface area (Å²) in [5.74, 6) is -1.52. The summed E-state index contributed by atoms with van der Waals surface area (Å²) in [5.41, 5.74) is 0.0374. The Bertz CT molecular complexity index is 357. The van der Waals surface area contributed by atoms with Crippen molar-refractivity contribution in [1.82, 2.24) is 5.32 Å². The maximum atomic E-state index is 11.6. The second kappa shape index (κ2) is 11.4. The van der Waals surface area contributed by atoms with Crippen molar-refractivity contribution in [2.75, 3.05) is 26.4 Å². The minimum absolute atomic E-state index is 0.0374. The zero-order chi connectivity index (χ0) is 17.0. The number of hydrogen-bond acceptors (Lipinski definition) is 5. The molecule has 0 radical (unpaired) electrons. The van der Waals surface area contributed by atoms with E-state index in [1.807, 2.05) is 20.8 Å². The van der Waals surface area contributed by atoms with Crippen molar-refractivity contribution in [2.45, 2.75) is 39.7 Å². The third-order valence-electron chi connectivity index (χ3n) is 2.72. The lowest BCUT2D eigenvalue weighted by atomic mass is 10.2. The highest BCUT2D eigenvalue weighted by molar-refractivity contribution is 6.60. The molecule has 0 aliphatic rings. The number of carbonyl (C=O) groups excluding carboxylic acids is 1. The largest absolute Gasteiger partial charge is 0.500 e. The van der Waals surface area contributed by atoms with Gasteiger partial charge < -0.3 is 23.7 Å². The summed E-state index contributed by atoms with van der Waals surface area (Å²) in [4.78, 5) is 22.1. The molecular weight excluding hydrogens is 306 g/mol. The number of amides is 1. The van der Waals surface area contributed by atoms with Gasteiger partial charge in [-0.3, -0.25) is 9.59 Å². The number of nitrogens with one attached hydrogen (secondary N) is 1. The van der Waals surface area contributed by atoms with Crippen molar-refractivity contribution >= 4 is 20.7 Å². The fourth-order valence-corrected chi connectivity index (χ4v) is 4.51. The van der Waals surface area contributed by atoms with Gasteiger partial charge in [-0.25, -0.2) is 0 Å². The lowest BCUT2D eigenvalue weighted by Gasteiger charge is -2.28. The van der Waals surface area contributed by atoms with E-state index in [0.717, 1.165) is 0 Å². The van der Waals surface area contributed by atoms with Crippen molar-refractivity contribution in [2.24, 2.45) is 0 Å². The summed E-state index contributed by atoms with van der Waals surface area (Å²) >= 11 is 0. The van der Waals surface area contributed by atoms with Crippen molar-refractivity contribution < 1.29 is 28.0 Å². The topological polar surface area (TPSA) is 94.1 Å². The van der Waals surface area contributed by atoms with Crippen LogP contribution in [0.5, 0.6) is 0 Å². The SMILES string of the molecule is C=C(CC(=O)O)C(=O)NCCC[Si](OCC)(OCC)OCC. The highest BCUT2D eigenvalue weighted by Crippen LogP contribution is 2.17. The third-order valence-corrected chi connectivity index (χ3v) is 5.88. The molecule has 0 atom stereocenters. The van der Waals surface area contributed by atoms with Gasteiger partial charge in [-0.05, 0) is 27.2 Å². The van der Waals surface area contributed by atoms with Gasteiger partial charge in [0.1, 0.15) is 0 Å². The molecule has 0 saturated heterocycles. The summed E-state index contributed by atoms with van der Waals surface area (Å²) in [6.45, 7) is 11.0. The van der Waals surface area contributed by atoms with Gasteiger partial charge in [0.05, 0.1) is 6.42 Å². The Morgan fingerprint density at radius 1 is 1.09 bits per heavy atom. The summed E-state index contributed by atoms with van der Waals surface area (Å²) in [6, 6.07) is 0.591. The van der Waals surface area contributed by atoms with Crippen LogP contribution in [0.2, 0.25) is 6.04 Å². The third kappa shape index (κ3) is 8.28. The Morgan fingerprint density at radius 2 is 1.59 bits per heavy atom. The molecule has 0 aliphatic heterocycles. The van der Waals surface area contributed by atoms with Crippen LogP contribution in [-0.4, -0.2) is 52.2 Å². The normalized spacial score (nSPS) is 11.2. The van der Waals surface area contributed by atoms with E-state index >= 15 is 0 Å². The fraction of sp³-hybridized carbons (Fsp3) is 0.714. The first kappa shape index (κ1) is 20.8. The Kier molecular flexibility index (Phi) is 10.7. The van der Waals surface area contributed by atoms with Crippen molar-refractivity contribution in [3.63, 3.8) is 0 Å². The Hall–Kier alpha value is -1.22. The molecule has 0 heterocycles. The first-order valence-electron chi connectivity index (χ1n) is 7.50. The van der Waals surface area contributed by atoms with Crippen LogP contribution < -0.4 is 5.32 Å². The highest BCUT2D eigenvalue weighted by Gasteiger charge is 2.39. The second-order valence-corrected chi connectivity index (χ2v) is 7.25. The monoisotopic (exact) mass is 333 g/mol. The second-order valence-electron chi connectivity index (χ2n) is 4.52. The molecule has 0 unspecified atom stereocenters. The summed E-state index contributed by atoms with van der Waals surface area (Å²) < 4.78 is 17.1. The van der Waals surface area contributed by atoms with Gasteiger partial charge in [-0.15, -0.1) is 0 Å². The van der Waals surface area contributed by atoms with Gasteiger partial charge >= 0.3 is 14.8 Å². The van der Waals surface area contributed by atoms with Crippen molar-refractivity contribution in [1.29, 1.82) is 0 Å². The van der Waals surface area contributed by atoms with E-state index in [9.17, 15) is 9.59 Å². The van der Waals surface area contributed by atoms with E-state index in [2.05, 4.69) is 11.9 Å². The summed E-state index contributed by atoms with van der Waals surface area (Å²) in [5, 5.41) is 11.2. The van der Waals surface area contributed by atoms with E-state index in [1.165, 1.54) is 0 Å². The van der Waals surface area contributed by atoms with E-state index in [0.29, 0.717) is 38.8 Å². The molecule has 7 nitrogen and oxygen atoms in total. The van der Waals surface area contributed by atoms with Crippen LogP contribution in [0.25, 0.3) is 0 Å². The van der Waals surface area contributed by atoms with E-state index in [-0.39, 0.29) is 12.0 Å². The van der Waals surface area contributed by atoms with Crippen LogP contribution in [0.15, 0.2) is 12.2 Å². The van der Waals surface area contributed by atoms with Gasteiger partial charge in [0.15, 0.2) is 0 Å². The van der Waals surface area contributed by atoms with E-state index in [1.54, 1.807) is 0 Å². The maximum Gasteiger partial charge on any atom is 0.500 e. The molecule has 22 heavy (non-hydrogen) atoms. The minimum atomic E-state index is -2.69. The molecule has 0 saturated carbocycles. The zero-order valence-corrected chi connectivity index (χ0v) is 14.6. The van der Waals surface area contributed by atoms with Crippen molar-refractivity contribution in [3.8, 4) is 0 Å². The minimum Gasteiger partial charge on any atom is -0.481 e. The van der Waals surface area contributed by atoms with Crippen molar-refractivity contribution in [3.05, 3.63) is 12.2 Å². The highest BCUT2D eigenvalue weighted by atomic mass is 28.4. The summed E-state index contributed by atoms with van der Waals surface area (Å²) in [7, 11) is -2.69. The average molecular weight is 333 g/mol. The van der Waals surface area contributed by atoms with Crippen LogP contribution in [0, 0.1) is 0 Å². The molecule has 0 bridgehead atoms. The molecule has 0 aromatic carbocycles. The predicted octanol–water partition coefficient (Wildman–Crippen LogP) is 1.57. The van der Waals surface area contributed by atoms with Gasteiger partial charge in [0, 0.05) is 38.0 Å². The zero-order valence-electron chi connectivity index (χ0n) is 13.6. The van der Waals surface area contributed by atoms with Crippen LogP contribution in [0.4, 0.5) is 0 Å². The first-order chi connectivity index (χ1) is 10.4. The van der Waals surface area contributed by atoms with Crippen LogP contribution >= 0.6 is 0 Å². The molecular formula is C14H27NO6Si. The van der Waals surface area contributed by atoms with E-state index < -0.39 is 20.7 Å². The molecule has 1 amide bonds. The molecule has 0 rings (SSSR count). The van der Waals surface area contributed by atoms with Gasteiger partial charge in [-0.1, -0.05) is 6.58 Å². The van der Waals surface area contributed by atoms with Crippen LogP contribution in [0.3, 0.4) is 0 Å². The van der Waals surface area contributed by atoms with Crippen LogP contribution in [-0.2, 0) is 22.9 Å². The molecule has 2 N–H and O–H groups in total. The first-order valence-corrected chi connectivity index (χ1v) is 9.43. The molecule has 0 aliphatic carbocycles. The lowest BCUT2D eigenvalue weighted by molar-refractivity contribution is -0.137. The maximum absolute atomic E-state index is 11.6. The Morgan fingerprint density at radius 3 is 2.00 bits per heavy atom. The number of carboxylic acid groups (broad SMARTS) is 1. The van der Waals surface area contributed by atoms with Gasteiger partial charge in [-0.2, -0.15) is 0 Å². The lowest BCUT2D eigenvalue weighted by Crippen LogP contribution is -2.46. The van der Waals surface area contributed by atoms with Crippen LogP contribution in [0.1, 0.15) is 33.6 Å². The molecule has 8 heteroatoms. The molecule has 0 fully saturated rings. The number of aliphatic carboxylic acids is 1. The fourth-order valence-electron chi connectivity index (χ4n) is 1.90. The Labute approximate surface area is 133 Å². The Balaban J connectivity index is 4.29. The van der Waals surface area contributed by atoms with Gasteiger partial charge in [0.25, 0.3) is 0 Å².